The molecule has 2 aromatic carbocycles. The molecule has 25 heavy (non-hydrogen) atoms. The van der Waals surface area contributed by atoms with Crippen LogP contribution >= 0.6 is 35.0 Å². The zero-order valence-corrected chi connectivity index (χ0v) is 15.8. The Bertz CT molecular complexity index is 755. The van der Waals surface area contributed by atoms with Gasteiger partial charge in [0, 0.05) is 10.8 Å². The molecule has 0 radical (unpaired) electrons. The average molecular weight is 398 g/mol. The van der Waals surface area contributed by atoms with E-state index in [2.05, 4.69) is 5.32 Å². The van der Waals surface area contributed by atoms with Gasteiger partial charge in [0.25, 0.3) is 5.91 Å². The first-order valence-corrected chi connectivity index (χ1v) is 9.44. The van der Waals surface area contributed by atoms with E-state index in [1.807, 2.05) is 18.2 Å². The lowest BCUT2D eigenvalue weighted by molar-refractivity contribution is -0.150. The summed E-state index contributed by atoms with van der Waals surface area (Å²) in [4.78, 5) is 23.9. The number of benzene rings is 2. The Hall–Kier alpha value is -1.69. The molecule has 4 nitrogen and oxygen atoms in total. The second-order valence-electron chi connectivity index (χ2n) is 5.19. The molecule has 0 saturated carbocycles. The van der Waals surface area contributed by atoms with E-state index in [-0.39, 0.29) is 5.75 Å². The van der Waals surface area contributed by atoms with Crippen LogP contribution in [-0.4, -0.2) is 23.7 Å². The lowest BCUT2D eigenvalue weighted by Gasteiger charge is -2.14. The van der Waals surface area contributed by atoms with Gasteiger partial charge in [-0.15, -0.1) is 11.8 Å². The molecule has 2 rings (SSSR count). The van der Waals surface area contributed by atoms with E-state index < -0.39 is 18.0 Å². The summed E-state index contributed by atoms with van der Waals surface area (Å²) in [6.07, 6.45) is -0.912. The number of hydrogen-bond donors (Lipinski definition) is 1. The summed E-state index contributed by atoms with van der Waals surface area (Å²) in [5.74, 6) is -0.166. The first-order valence-electron chi connectivity index (χ1n) is 7.53. The number of hydrogen-bond acceptors (Lipinski definition) is 4. The number of ether oxygens (including phenoxy) is 1. The van der Waals surface area contributed by atoms with Crippen LogP contribution in [0.4, 0.5) is 5.69 Å². The first kappa shape index (κ1) is 19.6. The molecule has 7 heteroatoms. The van der Waals surface area contributed by atoms with Crippen LogP contribution in [0.5, 0.6) is 0 Å². The van der Waals surface area contributed by atoms with Gasteiger partial charge in [-0.05, 0) is 30.7 Å². The maximum Gasteiger partial charge on any atom is 0.316 e. The monoisotopic (exact) mass is 397 g/mol. The topological polar surface area (TPSA) is 55.4 Å². The zero-order valence-electron chi connectivity index (χ0n) is 13.5. The van der Waals surface area contributed by atoms with E-state index in [1.54, 1.807) is 30.3 Å². The Kier molecular flexibility index (Phi) is 7.62. The number of rotatable bonds is 7. The van der Waals surface area contributed by atoms with Crippen molar-refractivity contribution >= 4 is 52.5 Å². The molecule has 0 aliphatic rings. The molecule has 0 unspecified atom stereocenters. The van der Waals surface area contributed by atoms with E-state index in [0.29, 0.717) is 21.5 Å². The van der Waals surface area contributed by atoms with Gasteiger partial charge in [-0.1, -0.05) is 53.5 Å². The minimum Gasteiger partial charge on any atom is -0.452 e. The zero-order chi connectivity index (χ0) is 18.2. The van der Waals surface area contributed by atoms with Crippen molar-refractivity contribution in [2.45, 2.75) is 18.8 Å². The van der Waals surface area contributed by atoms with Gasteiger partial charge in [-0.25, -0.2) is 0 Å². The number of amides is 1. The summed E-state index contributed by atoms with van der Waals surface area (Å²) >= 11 is 13.4. The number of nitrogens with one attached hydrogen (secondary N) is 1. The van der Waals surface area contributed by atoms with E-state index in [9.17, 15) is 9.59 Å². The van der Waals surface area contributed by atoms with Crippen LogP contribution in [0.3, 0.4) is 0 Å². The quantitative estimate of drug-likeness (QED) is 0.681. The maximum absolute atomic E-state index is 12.1. The second-order valence-corrected chi connectivity index (χ2v) is 6.99. The van der Waals surface area contributed by atoms with Gasteiger partial charge in [0.2, 0.25) is 0 Å². The van der Waals surface area contributed by atoms with Crippen molar-refractivity contribution in [3.05, 3.63) is 64.1 Å². The summed E-state index contributed by atoms with van der Waals surface area (Å²) in [6, 6.07) is 14.3. The second kappa shape index (κ2) is 9.70. The van der Waals surface area contributed by atoms with E-state index >= 15 is 0 Å². The van der Waals surface area contributed by atoms with Crippen molar-refractivity contribution in [2.75, 3.05) is 11.1 Å². The van der Waals surface area contributed by atoms with Crippen LogP contribution in [0.25, 0.3) is 0 Å². The SMILES string of the molecule is C[C@H](OC(=O)CSCc1ccccc1Cl)C(=O)Nc1ccccc1Cl. The molecule has 1 amide bonds. The lowest BCUT2D eigenvalue weighted by Crippen LogP contribution is -2.30. The smallest absolute Gasteiger partial charge is 0.316 e. The third-order valence-corrected chi connectivity index (χ3v) is 4.90. The molecule has 0 bridgehead atoms. The summed E-state index contributed by atoms with van der Waals surface area (Å²) < 4.78 is 5.14. The summed E-state index contributed by atoms with van der Waals surface area (Å²) in [7, 11) is 0. The van der Waals surface area contributed by atoms with Crippen LogP contribution in [0, 0.1) is 0 Å². The Morgan fingerprint density at radius 1 is 1.08 bits per heavy atom. The number of para-hydroxylation sites is 1. The molecule has 0 aromatic heterocycles. The number of halogens is 2. The van der Waals surface area contributed by atoms with E-state index in [4.69, 9.17) is 27.9 Å². The molecule has 0 saturated heterocycles. The van der Waals surface area contributed by atoms with Crippen LogP contribution < -0.4 is 5.32 Å². The Labute approximate surface area is 160 Å². The number of carbonyl (C=O) groups excluding carboxylic acids is 2. The maximum atomic E-state index is 12.1. The van der Waals surface area contributed by atoms with Crippen molar-refractivity contribution in [3.63, 3.8) is 0 Å². The van der Waals surface area contributed by atoms with Gasteiger partial charge in [0.15, 0.2) is 6.10 Å². The molecule has 0 fully saturated rings. The van der Waals surface area contributed by atoms with Crippen molar-refractivity contribution < 1.29 is 14.3 Å². The van der Waals surface area contributed by atoms with Gasteiger partial charge >= 0.3 is 5.97 Å². The van der Waals surface area contributed by atoms with Gasteiger partial charge in [-0.2, -0.15) is 0 Å². The molecular formula is C18H17Cl2NO3S. The third kappa shape index (κ3) is 6.27. The van der Waals surface area contributed by atoms with Gasteiger partial charge in [-0.3, -0.25) is 9.59 Å². The summed E-state index contributed by atoms with van der Waals surface area (Å²) in [5.41, 5.74) is 1.43. The van der Waals surface area contributed by atoms with Crippen LogP contribution in [0.2, 0.25) is 10.0 Å². The van der Waals surface area contributed by atoms with Crippen molar-refractivity contribution in [2.24, 2.45) is 0 Å². The van der Waals surface area contributed by atoms with E-state index in [1.165, 1.54) is 18.7 Å². The van der Waals surface area contributed by atoms with Gasteiger partial charge in [0.05, 0.1) is 16.5 Å². The fourth-order valence-corrected chi connectivity index (χ4v) is 3.21. The largest absolute Gasteiger partial charge is 0.452 e. The minimum absolute atomic E-state index is 0.134. The van der Waals surface area contributed by atoms with Crippen molar-refractivity contribution in [3.8, 4) is 0 Å². The third-order valence-electron chi connectivity index (χ3n) is 3.24. The normalized spacial score (nSPS) is 11.6. The predicted molar refractivity (Wildman–Crippen MR) is 103 cm³/mol. The van der Waals surface area contributed by atoms with Crippen LogP contribution in [-0.2, 0) is 20.1 Å². The highest BCUT2D eigenvalue weighted by molar-refractivity contribution is 7.99. The summed E-state index contributed by atoms with van der Waals surface area (Å²) in [6.45, 7) is 1.52. The van der Waals surface area contributed by atoms with Crippen molar-refractivity contribution in [1.29, 1.82) is 0 Å². The minimum atomic E-state index is -0.912. The van der Waals surface area contributed by atoms with Crippen molar-refractivity contribution in [1.82, 2.24) is 0 Å². The fourth-order valence-electron chi connectivity index (χ4n) is 1.94. The Balaban J connectivity index is 1.77. The average Bonchev–Trinajstić information content (AvgIpc) is 2.58. The number of esters is 1. The lowest BCUT2D eigenvalue weighted by atomic mass is 10.2. The predicted octanol–water partition coefficient (Wildman–Crippen LogP) is 4.80. The van der Waals surface area contributed by atoms with E-state index in [0.717, 1.165) is 5.56 Å². The van der Waals surface area contributed by atoms with Crippen LogP contribution in [0.1, 0.15) is 12.5 Å². The Morgan fingerprint density at radius 3 is 2.40 bits per heavy atom. The molecule has 2 aromatic rings. The molecule has 1 atom stereocenters. The molecule has 0 aliphatic heterocycles. The van der Waals surface area contributed by atoms with Crippen LogP contribution in [0.15, 0.2) is 48.5 Å². The standard InChI is InChI=1S/C18H17Cl2NO3S/c1-12(18(23)21-16-9-5-4-8-15(16)20)24-17(22)11-25-10-13-6-2-3-7-14(13)19/h2-9,12H,10-11H2,1H3,(H,21,23)/t12-/m0/s1. The summed E-state index contributed by atoms with van der Waals surface area (Å²) in [5, 5.41) is 3.72. The van der Waals surface area contributed by atoms with Gasteiger partial charge < -0.3 is 10.1 Å². The highest BCUT2D eigenvalue weighted by Gasteiger charge is 2.18. The highest BCUT2D eigenvalue weighted by atomic mass is 35.5. The fraction of sp³-hybridized carbons (Fsp3) is 0.222. The first-order chi connectivity index (χ1) is 12.0. The highest BCUT2D eigenvalue weighted by Crippen LogP contribution is 2.22. The Morgan fingerprint density at radius 2 is 1.72 bits per heavy atom. The molecule has 1 N–H and O–H groups in total. The number of thioether (sulfide) groups is 1. The number of anilines is 1. The van der Waals surface area contributed by atoms with Gasteiger partial charge in [0.1, 0.15) is 0 Å². The molecular weight excluding hydrogens is 381 g/mol. The molecule has 132 valence electrons. The number of carbonyl (C=O) groups is 2. The molecule has 0 aliphatic carbocycles. The molecule has 0 heterocycles. The molecule has 0 spiro atoms.